The van der Waals surface area contributed by atoms with Gasteiger partial charge >= 0.3 is 6.09 Å². The van der Waals surface area contributed by atoms with Gasteiger partial charge in [-0.1, -0.05) is 24.6 Å². The van der Waals surface area contributed by atoms with Crippen molar-refractivity contribution in [3.05, 3.63) is 42.5 Å². The average Bonchev–Trinajstić information content (AvgIpc) is 2.83. The molecular formula is C26H33N3O5S. The van der Waals surface area contributed by atoms with Crippen molar-refractivity contribution in [2.45, 2.75) is 65.0 Å². The fourth-order valence-corrected chi connectivity index (χ4v) is 5.49. The van der Waals surface area contributed by atoms with E-state index in [2.05, 4.69) is 4.72 Å². The molecule has 0 bridgehead atoms. The number of hydrogen-bond acceptors (Lipinski definition) is 5. The summed E-state index contributed by atoms with van der Waals surface area (Å²) in [6.45, 7) is 5.35. The molecule has 1 N–H and O–H groups in total. The minimum Gasteiger partial charge on any atom is -0.446 e. The topological polar surface area (TPSA) is 96.0 Å². The highest BCUT2D eigenvalue weighted by atomic mass is 32.2. The van der Waals surface area contributed by atoms with Gasteiger partial charge in [0.25, 0.3) is 0 Å². The molecule has 1 aliphatic carbocycles. The molecule has 1 heterocycles. The minimum atomic E-state index is -3.41. The third-order valence-corrected chi connectivity index (χ3v) is 7.95. The van der Waals surface area contributed by atoms with Crippen molar-refractivity contribution in [3.63, 3.8) is 0 Å². The van der Waals surface area contributed by atoms with Crippen LogP contribution in [0.15, 0.2) is 42.5 Å². The Bertz CT molecular complexity index is 1210. The molecule has 0 radical (unpaired) electrons. The third-order valence-electron chi connectivity index (χ3n) is 6.64. The van der Waals surface area contributed by atoms with E-state index in [4.69, 9.17) is 4.74 Å². The molecule has 8 nitrogen and oxygen atoms in total. The molecule has 2 aliphatic rings. The van der Waals surface area contributed by atoms with Crippen LogP contribution in [0.5, 0.6) is 0 Å². The molecule has 1 fully saturated rings. The van der Waals surface area contributed by atoms with Gasteiger partial charge < -0.3 is 9.64 Å². The number of nitrogens with zero attached hydrogens (tertiary/aromatic N) is 2. The van der Waals surface area contributed by atoms with Gasteiger partial charge in [0.15, 0.2) is 0 Å². The van der Waals surface area contributed by atoms with Crippen molar-refractivity contribution >= 4 is 39.1 Å². The SMILES string of the molecule is CCS(=O)(=O)Nc1cccc(-c2ccc3c(c2)N(C(=O)OC2CCCCC2)CC(C)N3C(C)=O)c1. The molecule has 1 aliphatic heterocycles. The van der Waals surface area contributed by atoms with Crippen molar-refractivity contribution in [1.82, 2.24) is 0 Å². The van der Waals surface area contributed by atoms with Crippen LogP contribution >= 0.6 is 0 Å². The molecule has 1 unspecified atom stereocenters. The van der Waals surface area contributed by atoms with Gasteiger partial charge in [-0.2, -0.15) is 0 Å². The maximum Gasteiger partial charge on any atom is 0.414 e. The number of amides is 2. The van der Waals surface area contributed by atoms with E-state index in [0.717, 1.165) is 36.8 Å². The lowest BCUT2D eigenvalue weighted by Crippen LogP contribution is -2.52. The van der Waals surface area contributed by atoms with E-state index in [-0.39, 0.29) is 23.8 Å². The first-order valence-electron chi connectivity index (χ1n) is 12.2. The average molecular weight is 500 g/mol. The zero-order chi connectivity index (χ0) is 25.2. The Morgan fingerprint density at radius 3 is 2.43 bits per heavy atom. The molecule has 2 aromatic rings. The van der Waals surface area contributed by atoms with Crippen molar-refractivity contribution < 1.29 is 22.7 Å². The van der Waals surface area contributed by atoms with Gasteiger partial charge in [0, 0.05) is 19.2 Å². The van der Waals surface area contributed by atoms with Gasteiger partial charge in [0.2, 0.25) is 15.9 Å². The smallest absolute Gasteiger partial charge is 0.414 e. The number of fused-ring (bicyclic) bond motifs is 1. The Morgan fingerprint density at radius 1 is 1.03 bits per heavy atom. The summed E-state index contributed by atoms with van der Waals surface area (Å²) in [5.74, 6) is -0.115. The first-order valence-corrected chi connectivity index (χ1v) is 13.9. The molecule has 1 saturated carbocycles. The Kier molecular flexibility index (Phi) is 7.35. The Morgan fingerprint density at radius 2 is 1.74 bits per heavy atom. The molecule has 0 saturated heterocycles. The monoisotopic (exact) mass is 499 g/mol. The van der Waals surface area contributed by atoms with E-state index in [1.165, 1.54) is 13.3 Å². The molecule has 0 aromatic heterocycles. The van der Waals surface area contributed by atoms with E-state index in [0.29, 0.717) is 23.6 Å². The molecule has 4 rings (SSSR count). The Hall–Kier alpha value is -3.07. The van der Waals surface area contributed by atoms with E-state index in [1.807, 2.05) is 31.2 Å². The first kappa shape index (κ1) is 25.0. The van der Waals surface area contributed by atoms with Crippen molar-refractivity contribution in [2.75, 3.05) is 26.8 Å². The largest absolute Gasteiger partial charge is 0.446 e. The lowest BCUT2D eigenvalue weighted by Gasteiger charge is -2.41. The highest BCUT2D eigenvalue weighted by Crippen LogP contribution is 2.40. The number of rotatable bonds is 5. The quantitative estimate of drug-likeness (QED) is 0.614. The summed E-state index contributed by atoms with van der Waals surface area (Å²) in [5, 5.41) is 0. The second-order valence-electron chi connectivity index (χ2n) is 9.28. The Labute approximate surface area is 207 Å². The second-order valence-corrected chi connectivity index (χ2v) is 11.3. The van der Waals surface area contributed by atoms with Crippen molar-refractivity contribution in [3.8, 4) is 11.1 Å². The van der Waals surface area contributed by atoms with Gasteiger partial charge in [-0.15, -0.1) is 0 Å². The maximum absolute atomic E-state index is 13.3. The summed E-state index contributed by atoms with van der Waals surface area (Å²) in [6.07, 6.45) is 4.57. The number of carbonyl (C=O) groups excluding carboxylic acids is 2. The molecule has 1 atom stereocenters. The summed E-state index contributed by atoms with van der Waals surface area (Å²) >= 11 is 0. The van der Waals surface area contributed by atoms with E-state index in [9.17, 15) is 18.0 Å². The summed E-state index contributed by atoms with van der Waals surface area (Å²) in [6, 6.07) is 12.5. The normalized spacial score (nSPS) is 18.7. The van der Waals surface area contributed by atoms with Crippen molar-refractivity contribution in [2.24, 2.45) is 0 Å². The number of anilines is 3. The van der Waals surface area contributed by atoms with Crippen LogP contribution in [0.2, 0.25) is 0 Å². The summed E-state index contributed by atoms with van der Waals surface area (Å²) in [7, 11) is -3.41. The fourth-order valence-electron chi connectivity index (χ4n) is 4.86. The van der Waals surface area contributed by atoms with Crippen LogP contribution in [-0.2, 0) is 19.6 Å². The third kappa shape index (κ3) is 5.61. The zero-order valence-corrected chi connectivity index (χ0v) is 21.3. The molecule has 188 valence electrons. The molecule has 2 amide bonds. The number of carbonyl (C=O) groups is 2. The van der Waals surface area contributed by atoms with Crippen LogP contribution < -0.4 is 14.5 Å². The van der Waals surface area contributed by atoms with E-state index in [1.54, 1.807) is 34.9 Å². The second kappa shape index (κ2) is 10.3. The zero-order valence-electron chi connectivity index (χ0n) is 20.5. The predicted octanol–water partition coefficient (Wildman–Crippen LogP) is 5.15. The van der Waals surface area contributed by atoms with Crippen LogP contribution in [0.25, 0.3) is 11.1 Å². The first-order chi connectivity index (χ1) is 16.7. The molecule has 2 aromatic carbocycles. The highest BCUT2D eigenvalue weighted by Gasteiger charge is 2.35. The van der Waals surface area contributed by atoms with E-state index >= 15 is 0 Å². The minimum absolute atomic E-state index is 0.0206. The van der Waals surface area contributed by atoms with Gasteiger partial charge in [-0.05, 0) is 74.9 Å². The lowest BCUT2D eigenvalue weighted by molar-refractivity contribution is -0.117. The van der Waals surface area contributed by atoms with Gasteiger partial charge in [0.05, 0.1) is 23.2 Å². The van der Waals surface area contributed by atoms with Crippen LogP contribution in [-0.4, -0.2) is 44.9 Å². The van der Waals surface area contributed by atoms with Gasteiger partial charge in [0.1, 0.15) is 6.10 Å². The van der Waals surface area contributed by atoms with Crippen molar-refractivity contribution in [1.29, 1.82) is 0 Å². The number of ether oxygens (including phenoxy) is 1. The van der Waals surface area contributed by atoms with E-state index < -0.39 is 16.1 Å². The van der Waals surface area contributed by atoms with Gasteiger partial charge in [-0.25, -0.2) is 13.2 Å². The number of sulfonamides is 1. The number of nitrogens with one attached hydrogen (secondary N) is 1. The van der Waals surface area contributed by atoms with Crippen LogP contribution in [0.4, 0.5) is 21.9 Å². The summed E-state index contributed by atoms with van der Waals surface area (Å²) in [4.78, 5) is 29.0. The molecule has 35 heavy (non-hydrogen) atoms. The molecule has 0 spiro atoms. The summed E-state index contributed by atoms with van der Waals surface area (Å²) < 4.78 is 32.5. The fraction of sp³-hybridized carbons (Fsp3) is 0.462. The maximum atomic E-state index is 13.3. The Balaban J connectivity index is 1.70. The number of benzene rings is 2. The molecule has 9 heteroatoms. The van der Waals surface area contributed by atoms with Crippen LogP contribution in [0, 0.1) is 0 Å². The standard InChI is InChI=1S/C26H33N3O5S/c1-4-35(32,33)27-22-10-8-9-20(15-22)21-13-14-24-25(16-21)28(17-18(2)29(24)19(3)30)26(31)34-23-11-6-5-7-12-23/h8-10,13-16,18,23,27H,4-7,11-12,17H2,1-3H3. The number of hydrogen-bond donors (Lipinski definition) is 1. The van der Waals surface area contributed by atoms with Gasteiger partial charge in [-0.3, -0.25) is 14.4 Å². The van der Waals surface area contributed by atoms with Crippen LogP contribution in [0.1, 0.15) is 52.9 Å². The predicted molar refractivity (Wildman–Crippen MR) is 138 cm³/mol. The van der Waals surface area contributed by atoms with Crippen LogP contribution in [0.3, 0.4) is 0 Å². The highest BCUT2D eigenvalue weighted by molar-refractivity contribution is 7.92. The summed E-state index contributed by atoms with van der Waals surface area (Å²) in [5.41, 5.74) is 3.32. The molecular weight excluding hydrogens is 466 g/mol. The lowest BCUT2D eigenvalue weighted by atomic mass is 9.98.